The average molecular weight is 430 g/mol. The largest absolute Gasteiger partial charge is 0.494 e. The number of oxazole rings is 1. The fraction of sp³-hybridized carbons (Fsp3) is 0.125. The van der Waals surface area contributed by atoms with Crippen molar-refractivity contribution in [1.29, 1.82) is 0 Å². The Labute approximate surface area is 182 Å². The highest BCUT2D eigenvalue weighted by molar-refractivity contribution is 7.98. The van der Waals surface area contributed by atoms with Crippen molar-refractivity contribution in [2.75, 3.05) is 6.61 Å². The van der Waals surface area contributed by atoms with E-state index in [-0.39, 0.29) is 5.56 Å². The minimum atomic E-state index is -0.108. The first-order chi connectivity index (χ1) is 15.2. The van der Waals surface area contributed by atoms with Gasteiger partial charge in [-0.3, -0.25) is 9.36 Å². The number of aromatic nitrogens is 3. The second-order valence-corrected chi connectivity index (χ2v) is 7.78. The van der Waals surface area contributed by atoms with Gasteiger partial charge < -0.3 is 9.15 Å². The van der Waals surface area contributed by atoms with Crippen LogP contribution in [0, 0.1) is 0 Å². The molecule has 154 valence electrons. The SMILES string of the molecule is CCOc1ccc(-n2c(CSc3nc4ccccc4o3)nc3ccccc3c2=O)cc1. The summed E-state index contributed by atoms with van der Waals surface area (Å²) >= 11 is 1.41. The molecule has 0 fully saturated rings. The lowest BCUT2D eigenvalue weighted by atomic mass is 10.2. The fourth-order valence-electron chi connectivity index (χ4n) is 3.44. The van der Waals surface area contributed by atoms with Gasteiger partial charge in [-0.1, -0.05) is 36.0 Å². The molecule has 0 saturated heterocycles. The van der Waals surface area contributed by atoms with Gasteiger partial charge in [0.05, 0.1) is 29.0 Å². The normalized spacial score (nSPS) is 11.3. The van der Waals surface area contributed by atoms with Crippen LogP contribution in [0.1, 0.15) is 12.7 Å². The molecule has 0 atom stereocenters. The molecule has 0 unspecified atom stereocenters. The van der Waals surface area contributed by atoms with E-state index in [2.05, 4.69) is 4.98 Å². The Bertz CT molecular complexity index is 1390. The van der Waals surface area contributed by atoms with Crippen molar-refractivity contribution in [2.24, 2.45) is 0 Å². The number of thioether (sulfide) groups is 1. The fourth-order valence-corrected chi connectivity index (χ4v) is 4.20. The van der Waals surface area contributed by atoms with Crippen molar-refractivity contribution in [3.63, 3.8) is 0 Å². The van der Waals surface area contributed by atoms with Gasteiger partial charge in [-0.25, -0.2) is 9.97 Å². The summed E-state index contributed by atoms with van der Waals surface area (Å²) in [5, 5.41) is 1.12. The average Bonchev–Trinajstić information content (AvgIpc) is 3.22. The van der Waals surface area contributed by atoms with E-state index in [9.17, 15) is 4.79 Å². The van der Waals surface area contributed by atoms with Crippen LogP contribution in [0.15, 0.2) is 87.2 Å². The van der Waals surface area contributed by atoms with Crippen LogP contribution in [0.5, 0.6) is 5.75 Å². The minimum absolute atomic E-state index is 0.108. The first kappa shape index (κ1) is 19.4. The Morgan fingerprint density at radius 1 is 0.935 bits per heavy atom. The lowest BCUT2D eigenvalue weighted by Gasteiger charge is -2.13. The van der Waals surface area contributed by atoms with Gasteiger partial charge in [-0.2, -0.15) is 0 Å². The first-order valence-electron chi connectivity index (χ1n) is 9.95. The standard InChI is InChI=1S/C24H19N3O3S/c1-2-29-17-13-11-16(12-14-17)27-22(25-19-8-4-3-7-18(19)23(27)28)15-31-24-26-20-9-5-6-10-21(20)30-24/h3-14H,2,15H2,1H3. The number of hydrogen-bond donors (Lipinski definition) is 0. The van der Waals surface area contributed by atoms with E-state index in [0.717, 1.165) is 22.5 Å². The van der Waals surface area contributed by atoms with Crippen LogP contribution in [-0.4, -0.2) is 21.1 Å². The minimum Gasteiger partial charge on any atom is -0.494 e. The molecule has 0 aliphatic rings. The smallest absolute Gasteiger partial charge is 0.265 e. The summed E-state index contributed by atoms with van der Waals surface area (Å²) in [6.45, 7) is 2.52. The molecule has 2 heterocycles. The van der Waals surface area contributed by atoms with E-state index < -0.39 is 0 Å². The lowest BCUT2D eigenvalue weighted by molar-refractivity contribution is 0.340. The molecule has 0 N–H and O–H groups in total. The van der Waals surface area contributed by atoms with Crippen LogP contribution in [-0.2, 0) is 5.75 Å². The van der Waals surface area contributed by atoms with Gasteiger partial charge in [0.15, 0.2) is 5.58 Å². The molecule has 5 rings (SSSR count). The molecule has 0 bridgehead atoms. The Balaban J connectivity index is 1.56. The van der Waals surface area contributed by atoms with E-state index in [0.29, 0.717) is 34.3 Å². The lowest BCUT2D eigenvalue weighted by Crippen LogP contribution is -2.23. The number of para-hydroxylation sites is 3. The topological polar surface area (TPSA) is 70.2 Å². The molecule has 2 aromatic heterocycles. The maximum atomic E-state index is 13.4. The van der Waals surface area contributed by atoms with Gasteiger partial charge in [-0.05, 0) is 55.5 Å². The van der Waals surface area contributed by atoms with Crippen molar-refractivity contribution in [3.8, 4) is 11.4 Å². The molecule has 0 radical (unpaired) electrons. The van der Waals surface area contributed by atoms with Crippen LogP contribution in [0.2, 0.25) is 0 Å². The highest BCUT2D eigenvalue weighted by Gasteiger charge is 2.15. The van der Waals surface area contributed by atoms with Gasteiger partial charge in [0.1, 0.15) is 17.1 Å². The first-order valence-corrected chi connectivity index (χ1v) is 10.9. The van der Waals surface area contributed by atoms with Crippen molar-refractivity contribution in [3.05, 3.63) is 89.0 Å². The number of ether oxygens (including phenoxy) is 1. The van der Waals surface area contributed by atoms with Crippen molar-refractivity contribution in [1.82, 2.24) is 14.5 Å². The molecule has 7 heteroatoms. The van der Waals surface area contributed by atoms with E-state index in [1.54, 1.807) is 10.6 Å². The zero-order valence-electron chi connectivity index (χ0n) is 16.8. The van der Waals surface area contributed by atoms with Crippen molar-refractivity contribution in [2.45, 2.75) is 17.9 Å². The number of fused-ring (bicyclic) bond motifs is 2. The zero-order valence-corrected chi connectivity index (χ0v) is 17.6. The van der Waals surface area contributed by atoms with Gasteiger partial charge in [-0.15, -0.1) is 0 Å². The predicted molar refractivity (Wildman–Crippen MR) is 122 cm³/mol. The van der Waals surface area contributed by atoms with Crippen LogP contribution in [0.3, 0.4) is 0 Å². The summed E-state index contributed by atoms with van der Waals surface area (Å²) in [7, 11) is 0. The molecule has 3 aromatic carbocycles. The molecule has 0 saturated carbocycles. The van der Waals surface area contributed by atoms with E-state index >= 15 is 0 Å². The highest BCUT2D eigenvalue weighted by atomic mass is 32.2. The number of hydrogen-bond acceptors (Lipinski definition) is 6. The number of rotatable bonds is 6. The zero-order chi connectivity index (χ0) is 21.2. The second-order valence-electron chi connectivity index (χ2n) is 6.85. The van der Waals surface area contributed by atoms with E-state index in [1.165, 1.54) is 11.8 Å². The van der Waals surface area contributed by atoms with Crippen LogP contribution in [0.25, 0.3) is 27.7 Å². The van der Waals surface area contributed by atoms with Gasteiger partial charge in [0.25, 0.3) is 10.8 Å². The molecule has 6 nitrogen and oxygen atoms in total. The third-order valence-corrected chi connectivity index (χ3v) is 5.67. The summed E-state index contributed by atoms with van der Waals surface area (Å²) in [6, 6.07) is 22.5. The predicted octanol–water partition coefficient (Wildman–Crippen LogP) is 5.22. The van der Waals surface area contributed by atoms with Gasteiger partial charge in [0.2, 0.25) is 0 Å². The molecule has 0 aliphatic heterocycles. The number of nitrogens with zero attached hydrogens (tertiary/aromatic N) is 3. The molecule has 0 aliphatic carbocycles. The molecule has 31 heavy (non-hydrogen) atoms. The molecule has 0 spiro atoms. The monoisotopic (exact) mass is 429 g/mol. The quantitative estimate of drug-likeness (QED) is 0.345. The maximum Gasteiger partial charge on any atom is 0.265 e. The summed E-state index contributed by atoms with van der Waals surface area (Å²) in [5.74, 6) is 1.82. The van der Waals surface area contributed by atoms with Crippen molar-refractivity contribution < 1.29 is 9.15 Å². The molecule has 0 amide bonds. The third kappa shape index (κ3) is 3.80. The van der Waals surface area contributed by atoms with Crippen LogP contribution < -0.4 is 10.3 Å². The second kappa shape index (κ2) is 8.28. The molecular weight excluding hydrogens is 410 g/mol. The summed E-state index contributed by atoms with van der Waals surface area (Å²) in [5.41, 5.74) is 2.84. The highest BCUT2D eigenvalue weighted by Crippen LogP contribution is 2.27. The van der Waals surface area contributed by atoms with Crippen molar-refractivity contribution >= 4 is 33.8 Å². The molecule has 5 aromatic rings. The van der Waals surface area contributed by atoms with E-state index in [4.69, 9.17) is 14.1 Å². The van der Waals surface area contributed by atoms with Crippen LogP contribution in [0.4, 0.5) is 0 Å². The Morgan fingerprint density at radius 2 is 1.68 bits per heavy atom. The Morgan fingerprint density at radius 3 is 2.45 bits per heavy atom. The van der Waals surface area contributed by atoms with E-state index in [1.807, 2.05) is 73.7 Å². The number of benzene rings is 3. The van der Waals surface area contributed by atoms with Gasteiger partial charge in [0, 0.05) is 0 Å². The maximum absolute atomic E-state index is 13.4. The summed E-state index contributed by atoms with van der Waals surface area (Å²) < 4.78 is 13.0. The van der Waals surface area contributed by atoms with Gasteiger partial charge >= 0.3 is 0 Å². The third-order valence-electron chi connectivity index (χ3n) is 4.85. The van der Waals surface area contributed by atoms with Crippen LogP contribution >= 0.6 is 11.8 Å². The summed E-state index contributed by atoms with van der Waals surface area (Å²) in [6.07, 6.45) is 0. The summed E-state index contributed by atoms with van der Waals surface area (Å²) in [4.78, 5) is 22.6. The Hall–Kier alpha value is -3.58. The molecular formula is C24H19N3O3S. The Kier molecular flexibility index (Phi) is 5.18.